The molecule has 13 heteroatoms. The minimum absolute atomic E-state index is 0.185. The Morgan fingerprint density at radius 3 is 1.96 bits per heavy atom. The van der Waals surface area contributed by atoms with Crippen molar-refractivity contribution in [2.24, 2.45) is 0 Å². The molecule has 0 saturated heterocycles. The monoisotopic (exact) mass is 725 g/mol. The smallest absolute Gasteiger partial charge is 0.255 e. The van der Waals surface area contributed by atoms with Crippen LogP contribution in [0.2, 0.25) is 0 Å². The molecule has 13 nitrogen and oxygen atoms in total. The number of fused-ring (bicyclic) bond motifs is 1. The van der Waals surface area contributed by atoms with Crippen LogP contribution in [0, 0.1) is 0 Å². The number of methoxy groups -OCH3 is 6. The Labute approximate surface area is 308 Å². The van der Waals surface area contributed by atoms with Crippen LogP contribution in [-0.2, 0) is 0 Å². The van der Waals surface area contributed by atoms with Crippen LogP contribution in [0.25, 0.3) is 22.6 Å². The van der Waals surface area contributed by atoms with Crippen molar-refractivity contribution in [2.45, 2.75) is 25.4 Å². The van der Waals surface area contributed by atoms with Crippen molar-refractivity contribution in [3.63, 3.8) is 0 Å². The summed E-state index contributed by atoms with van der Waals surface area (Å²) in [4.78, 5) is 12.8. The molecule has 2 N–H and O–H groups in total. The lowest BCUT2D eigenvalue weighted by Gasteiger charge is -2.28. The predicted molar refractivity (Wildman–Crippen MR) is 198 cm³/mol. The van der Waals surface area contributed by atoms with Crippen molar-refractivity contribution in [2.75, 3.05) is 61.2 Å². The number of unbranched alkanes of at least 4 members (excludes halogenated alkanes) is 2. The largest absolute Gasteiger partial charge is 0.497 e. The summed E-state index contributed by atoms with van der Waals surface area (Å²) in [6.45, 7) is 0.992. The molecular formula is C40H43N3O10. The summed E-state index contributed by atoms with van der Waals surface area (Å²) in [5.74, 6) is 4.93. The van der Waals surface area contributed by atoms with E-state index in [0.717, 1.165) is 41.6 Å². The van der Waals surface area contributed by atoms with Crippen LogP contribution in [-0.4, -0.2) is 66.9 Å². The molecule has 0 aliphatic carbocycles. The Hall–Kier alpha value is -6.24. The molecule has 1 amide bonds. The number of amides is 1. The highest BCUT2D eigenvalue weighted by molar-refractivity contribution is 6.02. The number of benzene rings is 4. The molecule has 4 aromatic carbocycles. The van der Waals surface area contributed by atoms with E-state index in [4.69, 9.17) is 42.4 Å². The van der Waals surface area contributed by atoms with Crippen LogP contribution in [0.1, 0.15) is 41.3 Å². The first kappa shape index (κ1) is 36.5. The van der Waals surface area contributed by atoms with E-state index >= 15 is 0 Å². The van der Waals surface area contributed by atoms with E-state index in [-0.39, 0.29) is 5.91 Å². The molecule has 0 bridgehead atoms. The fourth-order valence-corrected chi connectivity index (χ4v) is 5.98. The van der Waals surface area contributed by atoms with E-state index in [1.165, 1.54) is 0 Å². The van der Waals surface area contributed by atoms with Gasteiger partial charge < -0.3 is 53.1 Å². The number of anilines is 1. The molecule has 53 heavy (non-hydrogen) atoms. The quantitative estimate of drug-likeness (QED) is 0.0915. The average molecular weight is 726 g/mol. The first-order chi connectivity index (χ1) is 25.9. The summed E-state index contributed by atoms with van der Waals surface area (Å²) in [5, 5.41) is 10.6. The maximum absolute atomic E-state index is 12.8. The van der Waals surface area contributed by atoms with Gasteiger partial charge in [0.15, 0.2) is 40.3 Å². The molecule has 2 heterocycles. The first-order valence-corrected chi connectivity index (χ1v) is 17.0. The number of nitrogens with one attached hydrogen (secondary N) is 2. The van der Waals surface area contributed by atoms with E-state index in [1.54, 1.807) is 60.9 Å². The maximum Gasteiger partial charge on any atom is 0.255 e. The highest BCUT2D eigenvalue weighted by Gasteiger charge is 2.26. The van der Waals surface area contributed by atoms with Gasteiger partial charge >= 0.3 is 0 Å². The van der Waals surface area contributed by atoms with Crippen molar-refractivity contribution < 1.29 is 47.2 Å². The van der Waals surface area contributed by atoms with E-state index in [0.29, 0.717) is 76.2 Å². The molecule has 1 aliphatic rings. The Morgan fingerprint density at radius 2 is 1.28 bits per heavy atom. The summed E-state index contributed by atoms with van der Waals surface area (Å²) in [7, 11) is 9.46. The topological polar surface area (TPSA) is 141 Å². The molecule has 0 radical (unpaired) electrons. The molecule has 1 aliphatic heterocycles. The molecule has 0 fully saturated rings. The van der Waals surface area contributed by atoms with Gasteiger partial charge in [-0.25, -0.2) is 0 Å². The predicted octanol–water partition coefficient (Wildman–Crippen LogP) is 7.54. The summed E-state index contributed by atoms with van der Waals surface area (Å²) >= 11 is 0. The van der Waals surface area contributed by atoms with Crippen molar-refractivity contribution in [1.29, 1.82) is 0 Å². The van der Waals surface area contributed by atoms with Crippen LogP contribution in [0.15, 0.2) is 77.3 Å². The Kier molecular flexibility index (Phi) is 11.6. The van der Waals surface area contributed by atoms with Crippen LogP contribution in [0.3, 0.4) is 0 Å². The highest BCUT2D eigenvalue weighted by Crippen LogP contribution is 2.42. The van der Waals surface area contributed by atoms with E-state index in [9.17, 15) is 4.79 Å². The Bertz CT molecular complexity index is 2020. The number of carbonyl (C=O) groups is 1. The van der Waals surface area contributed by atoms with Gasteiger partial charge in [-0.05, 0) is 85.5 Å². The van der Waals surface area contributed by atoms with Gasteiger partial charge in [0.05, 0.1) is 61.4 Å². The average Bonchev–Trinajstić information content (AvgIpc) is 3.70. The summed E-state index contributed by atoms with van der Waals surface area (Å²) < 4.78 is 50.8. The summed E-state index contributed by atoms with van der Waals surface area (Å²) in [5.41, 5.74) is 4.26. The lowest BCUT2D eigenvalue weighted by molar-refractivity contribution is 0.0935. The van der Waals surface area contributed by atoms with Gasteiger partial charge in [-0.2, -0.15) is 0 Å². The number of nitrogens with zero attached hydrogens (tertiary/aromatic N) is 1. The van der Waals surface area contributed by atoms with Crippen molar-refractivity contribution >= 4 is 11.6 Å². The third-order valence-corrected chi connectivity index (χ3v) is 8.79. The van der Waals surface area contributed by atoms with Crippen LogP contribution in [0.5, 0.6) is 46.0 Å². The number of hydrogen-bond donors (Lipinski definition) is 2. The number of hydrogen-bond acceptors (Lipinski definition) is 12. The molecule has 278 valence electrons. The third kappa shape index (κ3) is 8.14. The van der Waals surface area contributed by atoms with E-state index in [2.05, 4.69) is 15.8 Å². The molecule has 1 atom stereocenters. The molecule has 5 aromatic rings. The SMILES string of the molecule is COc1ccc2c(c1)C(=O)NC(c1ccc(OCCCCCOc3cc(-c4cc(-c5cc(OC)c(OC)c(OC)c5)on4)ccc3OC)c(OC)c1)N2. The zero-order valence-corrected chi connectivity index (χ0v) is 30.6. The second-order valence-corrected chi connectivity index (χ2v) is 12.0. The zero-order valence-electron chi connectivity index (χ0n) is 30.6. The fourth-order valence-electron chi connectivity index (χ4n) is 5.98. The molecule has 6 rings (SSSR count). The minimum Gasteiger partial charge on any atom is -0.497 e. The number of ether oxygens (including phenoxy) is 8. The van der Waals surface area contributed by atoms with Gasteiger partial charge in [-0.1, -0.05) is 11.2 Å². The standard InChI is InChI=1S/C40H43N3O10/c1-45-27-12-13-29-28(22-27)40(44)42-39(41-29)25-11-15-32(34(19-25)47-3)51-16-8-7-9-17-52-35-18-24(10-14-31(35)46-2)30-23-33(53-43-30)26-20-36(48-4)38(50-6)37(21-26)49-5/h10-15,18-23,39,41H,7-9,16-17H2,1-6H3,(H,42,44). The molecule has 1 unspecified atom stereocenters. The van der Waals surface area contributed by atoms with Crippen molar-refractivity contribution in [3.05, 3.63) is 83.9 Å². The Morgan fingerprint density at radius 1 is 0.604 bits per heavy atom. The number of rotatable bonds is 17. The zero-order chi connectivity index (χ0) is 37.3. The molecule has 1 aromatic heterocycles. The third-order valence-electron chi connectivity index (χ3n) is 8.79. The van der Waals surface area contributed by atoms with Gasteiger partial charge in [0, 0.05) is 22.9 Å². The van der Waals surface area contributed by atoms with Crippen LogP contribution < -0.4 is 48.5 Å². The first-order valence-electron chi connectivity index (χ1n) is 17.0. The van der Waals surface area contributed by atoms with Gasteiger partial charge in [-0.3, -0.25) is 4.79 Å². The number of carbonyl (C=O) groups excluding carboxylic acids is 1. The fraction of sp³-hybridized carbons (Fsp3) is 0.300. The molecule has 0 saturated carbocycles. The minimum atomic E-state index is -0.423. The van der Waals surface area contributed by atoms with Gasteiger partial charge in [0.1, 0.15) is 17.6 Å². The molecule has 0 spiro atoms. The lowest BCUT2D eigenvalue weighted by Crippen LogP contribution is -2.38. The summed E-state index contributed by atoms with van der Waals surface area (Å²) in [6, 6.07) is 22.1. The summed E-state index contributed by atoms with van der Waals surface area (Å²) in [6.07, 6.45) is 2.08. The van der Waals surface area contributed by atoms with E-state index < -0.39 is 6.17 Å². The normalized spacial score (nSPS) is 13.2. The lowest BCUT2D eigenvalue weighted by atomic mass is 10.0. The highest BCUT2D eigenvalue weighted by atomic mass is 16.5. The van der Waals surface area contributed by atoms with Crippen LogP contribution >= 0.6 is 0 Å². The van der Waals surface area contributed by atoms with Gasteiger partial charge in [0.2, 0.25) is 5.75 Å². The van der Waals surface area contributed by atoms with E-state index in [1.807, 2.05) is 54.6 Å². The maximum atomic E-state index is 12.8. The van der Waals surface area contributed by atoms with Crippen molar-refractivity contribution in [3.8, 4) is 68.6 Å². The molecular weight excluding hydrogens is 682 g/mol. The number of aromatic nitrogens is 1. The van der Waals surface area contributed by atoms with Crippen molar-refractivity contribution in [1.82, 2.24) is 10.5 Å². The van der Waals surface area contributed by atoms with Gasteiger partial charge in [0.25, 0.3) is 5.91 Å². The second-order valence-electron chi connectivity index (χ2n) is 12.0. The van der Waals surface area contributed by atoms with Crippen LogP contribution in [0.4, 0.5) is 5.69 Å². The van der Waals surface area contributed by atoms with Gasteiger partial charge in [-0.15, -0.1) is 0 Å². The Balaban J connectivity index is 1.00. The second kappa shape index (κ2) is 16.9.